The average Bonchev–Trinajstić information content (AvgIpc) is 3.24. The van der Waals surface area contributed by atoms with Crippen LogP contribution in [-0.2, 0) is 19.6 Å². The first-order valence-corrected chi connectivity index (χ1v) is 10.3. The number of carbonyl (C=O) groups excluding carboxylic acids is 1. The number of hydrogen-bond acceptors (Lipinski definition) is 5. The van der Waals surface area contributed by atoms with Crippen LogP contribution in [0.5, 0.6) is 5.75 Å². The van der Waals surface area contributed by atoms with Crippen molar-refractivity contribution in [3.05, 3.63) is 83.3 Å². The second kappa shape index (κ2) is 10.7. The standard InChI is InChI=1S/C24H28FN3O3/c1-4-17(2)26-24(29)22-16-31-23(27-22)15-28(13-18-5-9-20(25)10-6-18)14-19-7-11-21(30-3)12-8-19/h5-12,16-17H,4,13-15H2,1-3H3,(H,26,29)/t17-/m0/s1. The highest BCUT2D eigenvalue weighted by Gasteiger charge is 2.17. The summed E-state index contributed by atoms with van der Waals surface area (Å²) in [6.45, 7) is 5.55. The lowest BCUT2D eigenvalue weighted by Crippen LogP contribution is -2.32. The van der Waals surface area contributed by atoms with Gasteiger partial charge in [-0.15, -0.1) is 0 Å². The number of ether oxygens (including phenoxy) is 1. The second-order valence-corrected chi connectivity index (χ2v) is 7.53. The number of hydrogen-bond donors (Lipinski definition) is 1. The summed E-state index contributed by atoms with van der Waals surface area (Å²) >= 11 is 0. The largest absolute Gasteiger partial charge is 0.497 e. The lowest BCUT2D eigenvalue weighted by molar-refractivity contribution is 0.0934. The number of carbonyl (C=O) groups is 1. The summed E-state index contributed by atoms with van der Waals surface area (Å²) in [5, 5.41) is 2.89. The van der Waals surface area contributed by atoms with Crippen LogP contribution in [0.3, 0.4) is 0 Å². The van der Waals surface area contributed by atoms with Gasteiger partial charge in [0.05, 0.1) is 13.7 Å². The van der Waals surface area contributed by atoms with Gasteiger partial charge in [0, 0.05) is 19.1 Å². The molecule has 0 saturated carbocycles. The second-order valence-electron chi connectivity index (χ2n) is 7.53. The van der Waals surface area contributed by atoms with Crippen molar-refractivity contribution in [1.82, 2.24) is 15.2 Å². The van der Waals surface area contributed by atoms with E-state index in [1.807, 2.05) is 38.1 Å². The fourth-order valence-corrected chi connectivity index (χ4v) is 3.08. The number of methoxy groups -OCH3 is 1. The first-order chi connectivity index (χ1) is 15.0. The molecule has 1 atom stereocenters. The highest BCUT2D eigenvalue weighted by Crippen LogP contribution is 2.17. The van der Waals surface area contributed by atoms with E-state index >= 15 is 0 Å². The van der Waals surface area contributed by atoms with Crippen LogP contribution in [0.1, 0.15) is 47.8 Å². The number of nitrogens with zero attached hydrogens (tertiary/aromatic N) is 2. The molecule has 7 heteroatoms. The van der Waals surface area contributed by atoms with Gasteiger partial charge in [-0.3, -0.25) is 9.69 Å². The Kier molecular flexibility index (Phi) is 7.78. The van der Waals surface area contributed by atoms with Gasteiger partial charge in [0.25, 0.3) is 5.91 Å². The summed E-state index contributed by atoms with van der Waals surface area (Å²) in [4.78, 5) is 18.8. The average molecular weight is 426 g/mol. The van der Waals surface area contributed by atoms with Crippen molar-refractivity contribution in [2.24, 2.45) is 0 Å². The number of oxazole rings is 1. The maximum Gasteiger partial charge on any atom is 0.273 e. The van der Waals surface area contributed by atoms with Crippen molar-refractivity contribution in [1.29, 1.82) is 0 Å². The third-order valence-electron chi connectivity index (χ3n) is 5.02. The van der Waals surface area contributed by atoms with E-state index in [-0.39, 0.29) is 23.5 Å². The normalized spacial score (nSPS) is 12.0. The topological polar surface area (TPSA) is 67.6 Å². The molecule has 0 fully saturated rings. The molecular formula is C24H28FN3O3. The van der Waals surface area contributed by atoms with E-state index in [0.717, 1.165) is 23.3 Å². The molecule has 3 aromatic rings. The third-order valence-corrected chi connectivity index (χ3v) is 5.02. The molecule has 6 nitrogen and oxygen atoms in total. The van der Waals surface area contributed by atoms with Gasteiger partial charge in [-0.1, -0.05) is 31.2 Å². The summed E-state index contributed by atoms with van der Waals surface area (Å²) in [6, 6.07) is 14.3. The number of halogens is 1. The fourth-order valence-electron chi connectivity index (χ4n) is 3.08. The molecule has 164 valence electrons. The van der Waals surface area contributed by atoms with E-state index in [9.17, 15) is 9.18 Å². The Labute approximate surface area is 182 Å². The molecule has 1 aromatic heterocycles. The van der Waals surface area contributed by atoms with Crippen molar-refractivity contribution in [2.75, 3.05) is 7.11 Å². The minimum Gasteiger partial charge on any atom is -0.497 e. The molecule has 0 unspecified atom stereocenters. The van der Waals surface area contributed by atoms with Crippen molar-refractivity contribution in [3.8, 4) is 5.75 Å². The molecule has 0 radical (unpaired) electrons. The molecule has 0 bridgehead atoms. The minimum absolute atomic E-state index is 0.0673. The number of amides is 1. The molecule has 2 aromatic carbocycles. The summed E-state index contributed by atoms with van der Waals surface area (Å²) in [7, 11) is 1.63. The highest BCUT2D eigenvalue weighted by molar-refractivity contribution is 5.92. The van der Waals surface area contributed by atoms with Crippen LogP contribution in [0.15, 0.2) is 59.2 Å². The Balaban J connectivity index is 1.74. The summed E-state index contributed by atoms with van der Waals surface area (Å²) < 4.78 is 24.1. The van der Waals surface area contributed by atoms with Crippen LogP contribution >= 0.6 is 0 Å². The zero-order valence-electron chi connectivity index (χ0n) is 18.1. The Bertz CT molecular complexity index is 970. The molecule has 3 rings (SSSR count). The van der Waals surface area contributed by atoms with Gasteiger partial charge in [0.1, 0.15) is 17.8 Å². The van der Waals surface area contributed by atoms with Crippen LogP contribution < -0.4 is 10.1 Å². The Morgan fingerprint density at radius 3 is 2.29 bits per heavy atom. The van der Waals surface area contributed by atoms with Gasteiger partial charge in [-0.05, 0) is 48.7 Å². The number of nitrogens with one attached hydrogen (secondary N) is 1. The predicted octanol–water partition coefficient (Wildman–Crippen LogP) is 4.55. The van der Waals surface area contributed by atoms with E-state index in [4.69, 9.17) is 9.15 Å². The smallest absolute Gasteiger partial charge is 0.273 e. The highest BCUT2D eigenvalue weighted by atomic mass is 19.1. The Morgan fingerprint density at radius 1 is 1.10 bits per heavy atom. The van der Waals surface area contributed by atoms with Gasteiger partial charge in [-0.25, -0.2) is 9.37 Å². The molecule has 1 N–H and O–H groups in total. The van der Waals surface area contributed by atoms with Crippen molar-refractivity contribution in [3.63, 3.8) is 0 Å². The molecule has 0 spiro atoms. The predicted molar refractivity (Wildman–Crippen MR) is 116 cm³/mol. The molecule has 0 saturated heterocycles. The maximum absolute atomic E-state index is 13.3. The Morgan fingerprint density at radius 2 is 1.71 bits per heavy atom. The van der Waals surface area contributed by atoms with Gasteiger partial charge < -0.3 is 14.5 Å². The van der Waals surface area contributed by atoms with Gasteiger partial charge >= 0.3 is 0 Å². The van der Waals surface area contributed by atoms with E-state index < -0.39 is 0 Å². The zero-order chi connectivity index (χ0) is 22.2. The first kappa shape index (κ1) is 22.5. The Hall–Kier alpha value is -3.19. The third kappa shape index (κ3) is 6.65. The molecule has 0 aliphatic heterocycles. The van der Waals surface area contributed by atoms with E-state index in [0.29, 0.717) is 25.5 Å². The van der Waals surface area contributed by atoms with Crippen LogP contribution in [0, 0.1) is 5.82 Å². The molecule has 1 amide bonds. The van der Waals surface area contributed by atoms with Crippen molar-refractivity contribution >= 4 is 5.91 Å². The quantitative estimate of drug-likeness (QED) is 0.516. The zero-order valence-corrected chi connectivity index (χ0v) is 18.1. The minimum atomic E-state index is -0.268. The molecular weight excluding hydrogens is 397 g/mol. The number of rotatable bonds is 10. The lowest BCUT2D eigenvalue weighted by Gasteiger charge is -2.21. The van der Waals surface area contributed by atoms with Gasteiger partial charge in [0.2, 0.25) is 5.89 Å². The lowest BCUT2D eigenvalue weighted by atomic mass is 10.1. The first-order valence-electron chi connectivity index (χ1n) is 10.3. The maximum atomic E-state index is 13.3. The monoisotopic (exact) mass is 425 g/mol. The number of benzene rings is 2. The fraction of sp³-hybridized carbons (Fsp3) is 0.333. The van der Waals surface area contributed by atoms with E-state index in [2.05, 4.69) is 15.2 Å². The molecule has 0 aliphatic carbocycles. The van der Waals surface area contributed by atoms with E-state index in [1.165, 1.54) is 18.4 Å². The van der Waals surface area contributed by atoms with E-state index in [1.54, 1.807) is 19.2 Å². The van der Waals surface area contributed by atoms with Gasteiger partial charge in [-0.2, -0.15) is 0 Å². The van der Waals surface area contributed by atoms with Crippen molar-refractivity contribution in [2.45, 2.75) is 45.9 Å². The van der Waals surface area contributed by atoms with Crippen LogP contribution in [0.25, 0.3) is 0 Å². The van der Waals surface area contributed by atoms with Crippen molar-refractivity contribution < 1.29 is 18.3 Å². The SMILES string of the molecule is CC[C@H](C)NC(=O)c1coc(CN(Cc2ccc(F)cc2)Cc2ccc(OC)cc2)n1. The van der Waals surface area contributed by atoms with Crippen LogP contribution in [0.4, 0.5) is 4.39 Å². The molecule has 1 heterocycles. The summed E-state index contributed by atoms with van der Waals surface area (Å²) in [6.07, 6.45) is 2.22. The molecule has 0 aliphatic rings. The van der Waals surface area contributed by atoms with Crippen LogP contribution in [0.2, 0.25) is 0 Å². The summed E-state index contributed by atoms with van der Waals surface area (Å²) in [5.74, 6) is 0.725. The molecule has 31 heavy (non-hydrogen) atoms. The van der Waals surface area contributed by atoms with Crippen LogP contribution in [-0.4, -0.2) is 28.9 Å². The summed E-state index contributed by atoms with van der Waals surface area (Å²) in [5.41, 5.74) is 2.32. The van der Waals surface area contributed by atoms with Gasteiger partial charge in [0.15, 0.2) is 5.69 Å². The number of aromatic nitrogens is 1.